The molecular formula is C25H27NO. The molecule has 3 aromatic carbocycles. The van der Waals surface area contributed by atoms with E-state index >= 15 is 0 Å². The van der Waals surface area contributed by atoms with Gasteiger partial charge < -0.3 is 5.11 Å². The van der Waals surface area contributed by atoms with Gasteiger partial charge >= 0.3 is 0 Å². The van der Waals surface area contributed by atoms with Crippen LogP contribution >= 0.6 is 0 Å². The van der Waals surface area contributed by atoms with Crippen LogP contribution in [-0.4, -0.2) is 27.7 Å². The van der Waals surface area contributed by atoms with Gasteiger partial charge in [-0.3, -0.25) is 4.90 Å². The Balaban J connectivity index is 1.36. The van der Waals surface area contributed by atoms with Crippen LogP contribution < -0.4 is 0 Å². The Morgan fingerprint density at radius 2 is 1.48 bits per heavy atom. The minimum absolute atomic E-state index is 0.504. The quantitative estimate of drug-likeness (QED) is 0.715. The Bertz CT molecular complexity index is 916. The van der Waals surface area contributed by atoms with E-state index in [0.717, 1.165) is 25.8 Å². The predicted molar refractivity (Wildman–Crippen MR) is 111 cm³/mol. The first-order valence-electron chi connectivity index (χ1n) is 10.2. The van der Waals surface area contributed by atoms with Crippen LogP contribution in [0.3, 0.4) is 0 Å². The largest absolute Gasteiger partial charge is 0.389 e. The maximum absolute atomic E-state index is 11.5. The average molecular weight is 357 g/mol. The molecule has 2 bridgehead atoms. The fourth-order valence-corrected chi connectivity index (χ4v) is 5.41. The third kappa shape index (κ3) is 3.28. The first-order valence-corrected chi connectivity index (χ1v) is 10.2. The molecule has 138 valence electrons. The summed E-state index contributed by atoms with van der Waals surface area (Å²) in [4.78, 5) is 2.65. The number of rotatable bonds is 4. The molecule has 0 aliphatic carbocycles. The lowest BCUT2D eigenvalue weighted by Gasteiger charge is -2.44. The highest BCUT2D eigenvalue weighted by atomic mass is 16.3. The molecule has 5 rings (SSSR count). The Labute approximate surface area is 161 Å². The molecule has 0 spiro atoms. The minimum Gasteiger partial charge on any atom is -0.389 e. The summed E-state index contributed by atoms with van der Waals surface area (Å²) < 4.78 is 0. The molecule has 2 aliphatic rings. The van der Waals surface area contributed by atoms with Crippen LogP contribution in [-0.2, 0) is 13.0 Å². The van der Waals surface area contributed by atoms with Gasteiger partial charge in [0, 0.05) is 25.0 Å². The number of hydrogen-bond donors (Lipinski definition) is 1. The summed E-state index contributed by atoms with van der Waals surface area (Å²) in [7, 11) is 0. The van der Waals surface area contributed by atoms with E-state index in [-0.39, 0.29) is 0 Å². The Kier molecular flexibility index (Phi) is 4.26. The van der Waals surface area contributed by atoms with Crippen molar-refractivity contribution in [1.82, 2.24) is 4.90 Å². The van der Waals surface area contributed by atoms with Crippen LogP contribution in [0, 0.1) is 0 Å². The molecule has 2 nitrogen and oxygen atoms in total. The lowest BCUT2D eigenvalue weighted by molar-refractivity contribution is -0.0538. The topological polar surface area (TPSA) is 23.5 Å². The molecule has 2 unspecified atom stereocenters. The van der Waals surface area contributed by atoms with E-state index in [4.69, 9.17) is 0 Å². The number of fused-ring (bicyclic) bond motifs is 3. The molecule has 2 saturated heterocycles. The second kappa shape index (κ2) is 6.78. The smallest absolute Gasteiger partial charge is 0.0718 e. The van der Waals surface area contributed by atoms with Crippen molar-refractivity contribution in [2.24, 2.45) is 0 Å². The van der Waals surface area contributed by atoms with Crippen molar-refractivity contribution in [2.45, 2.75) is 56.3 Å². The summed E-state index contributed by atoms with van der Waals surface area (Å²) in [6.45, 7) is 1.01. The highest BCUT2D eigenvalue weighted by Crippen LogP contribution is 2.43. The minimum atomic E-state index is -0.580. The van der Waals surface area contributed by atoms with Crippen molar-refractivity contribution in [2.75, 3.05) is 0 Å². The molecule has 27 heavy (non-hydrogen) atoms. The second-order valence-electron chi connectivity index (χ2n) is 8.49. The van der Waals surface area contributed by atoms with Gasteiger partial charge in [0.15, 0.2) is 0 Å². The number of hydrogen-bond acceptors (Lipinski definition) is 2. The molecule has 1 N–H and O–H groups in total. The highest BCUT2D eigenvalue weighted by Gasteiger charge is 2.47. The molecule has 2 atom stereocenters. The third-order valence-electron chi connectivity index (χ3n) is 6.61. The molecule has 0 radical (unpaired) electrons. The third-order valence-corrected chi connectivity index (χ3v) is 6.61. The number of piperidine rings is 1. The molecule has 0 aromatic heterocycles. The zero-order valence-electron chi connectivity index (χ0n) is 15.7. The van der Waals surface area contributed by atoms with Gasteiger partial charge in [-0.2, -0.15) is 0 Å². The molecule has 0 saturated carbocycles. The molecule has 0 amide bonds. The van der Waals surface area contributed by atoms with E-state index in [2.05, 4.69) is 77.7 Å². The van der Waals surface area contributed by atoms with Crippen molar-refractivity contribution in [3.05, 3.63) is 83.9 Å². The Hall–Kier alpha value is -2.16. The maximum atomic E-state index is 11.5. The summed E-state index contributed by atoms with van der Waals surface area (Å²) in [5, 5.41) is 14.1. The molecule has 2 aliphatic heterocycles. The summed E-state index contributed by atoms with van der Waals surface area (Å²) in [6, 6.07) is 26.8. The highest BCUT2D eigenvalue weighted by molar-refractivity contribution is 5.85. The van der Waals surface area contributed by atoms with Gasteiger partial charge in [-0.1, -0.05) is 72.8 Å². The number of nitrogens with zero attached hydrogens (tertiary/aromatic N) is 1. The van der Waals surface area contributed by atoms with Crippen molar-refractivity contribution in [3.8, 4) is 0 Å². The van der Waals surface area contributed by atoms with E-state index in [9.17, 15) is 5.11 Å². The van der Waals surface area contributed by atoms with Gasteiger partial charge in [0.1, 0.15) is 0 Å². The number of benzene rings is 3. The van der Waals surface area contributed by atoms with E-state index in [1.54, 1.807) is 0 Å². The summed E-state index contributed by atoms with van der Waals surface area (Å²) in [6.07, 6.45) is 4.98. The molecule has 2 heteroatoms. The van der Waals surface area contributed by atoms with E-state index in [0.29, 0.717) is 12.1 Å². The molecule has 3 aromatic rings. The van der Waals surface area contributed by atoms with E-state index in [1.807, 2.05) is 0 Å². The van der Waals surface area contributed by atoms with Crippen LogP contribution in [0.25, 0.3) is 10.8 Å². The normalized spacial score (nSPS) is 27.9. The lowest BCUT2D eigenvalue weighted by Crippen LogP contribution is -2.51. The predicted octanol–water partition coefficient (Wildman–Crippen LogP) is 4.94. The monoisotopic (exact) mass is 357 g/mol. The number of aliphatic hydroxyl groups is 1. The fourth-order valence-electron chi connectivity index (χ4n) is 5.41. The average Bonchev–Trinajstić information content (AvgIpc) is 2.93. The van der Waals surface area contributed by atoms with E-state index in [1.165, 1.54) is 34.7 Å². The van der Waals surface area contributed by atoms with Crippen LogP contribution in [0.15, 0.2) is 72.8 Å². The van der Waals surface area contributed by atoms with Gasteiger partial charge in [0.2, 0.25) is 0 Å². The molecular weight excluding hydrogens is 330 g/mol. The SMILES string of the molecule is OC1(Cc2cccc3ccccc23)CC2CCC(C1)N2Cc1ccccc1. The van der Waals surface area contributed by atoms with Crippen LogP contribution in [0.5, 0.6) is 0 Å². The molecule has 2 fully saturated rings. The van der Waals surface area contributed by atoms with Crippen LogP contribution in [0.2, 0.25) is 0 Å². The zero-order chi connectivity index (χ0) is 18.3. The van der Waals surface area contributed by atoms with Gasteiger partial charge in [-0.15, -0.1) is 0 Å². The Morgan fingerprint density at radius 1 is 0.815 bits per heavy atom. The summed E-state index contributed by atoms with van der Waals surface area (Å²) in [5.74, 6) is 0. The lowest BCUT2D eigenvalue weighted by atomic mass is 9.80. The molecule has 2 heterocycles. The fraction of sp³-hybridized carbons (Fsp3) is 0.360. The summed E-state index contributed by atoms with van der Waals surface area (Å²) in [5.41, 5.74) is 2.09. The van der Waals surface area contributed by atoms with Gasteiger partial charge in [-0.25, -0.2) is 0 Å². The summed E-state index contributed by atoms with van der Waals surface area (Å²) >= 11 is 0. The zero-order valence-corrected chi connectivity index (χ0v) is 15.7. The van der Waals surface area contributed by atoms with Gasteiger partial charge in [0.25, 0.3) is 0 Å². The van der Waals surface area contributed by atoms with Gasteiger partial charge in [0.05, 0.1) is 5.60 Å². The van der Waals surface area contributed by atoms with Crippen molar-refractivity contribution < 1.29 is 5.11 Å². The van der Waals surface area contributed by atoms with Crippen LogP contribution in [0.4, 0.5) is 0 Å². The first kappa shape index (κ1) is 17.0. The van der Waals surface area contributed by atoms with Crippen molar-refractivity contribution >= 4 is 10.8 Å². The first-order chi connectivity index (χ1) is 13.2. The van der Waals surface area contributed by atoms with Crippen molar-refractivity contribution in [3.63, 3.8) is 0 Å². The van der Waals surface area contributed by atoms with Gasteiger partial charge in [-0.05, 0) is 47.6 Å². The Morgan fingerprint density at radius 3 is 2.26 bits per heavy atom. The standard InChI is InChI=1S/C25H27NO/c27-25(15-21-11-6-10-20-9-4-5-12-24(20)21)16-22-13-14-23(17-25)26(22)18-19-7-2-1-3-8-19/h1-12,22-23,27H,13-18H2. The second-order valence-corrected chi connectivity index (χ2v) is 8.49. The maximum Gasteiger partial charge on any atom is 0.0718 e. The van der Waals surface area contributed by atoms with Crippen LogP contribution in [0.1, 0.15) is 36.8 Å². The van der Waals surface area contributed by atoms with Crippen molar-refractivity contribution in [1.29, 1.82) is 0 Å². The van der Waals surface area contributed by atoms with E-state index < -0.39 is 5.60 Å².